The first-order chi connectivity index (χ1) is 14.0. The fraction of sp³-hybridized carbons (Fsp3) is 0.391. The van der Waals surface area contributed by atoms with Crippen LogP contribution in [0.25, 0.3) is 0 Å². The van der Waals surface area contributed by atoms with E-state index >= 15 is 0 Å². The normalized spacial score (nSPS) is 10.3. The maximum atomic E-state index is 12.4. The number of hydrogen-bond acceptors (Lipinski definition) is 5. The molecule has 0 radical (unpaired) electrons. The molecule has 6 nitrogen and oxygen atoms in total. The summed E-state index contributed by atoms with van der Waals surface area (Å²) in [6.45, 7) is 8.36. The number of anilines is 1. The first-order valence-corrected chi connectivity index (χ1v) is 10.0. The molecule has 0 heterocycles. The van der Waals surface area contributed by atoms with Crippen molar-refractivity contribution in [3.63, 3.8) is 0 Å². The van der Waals surface area contributed by atoms with Crippen LogP contribution < -0.4 is 14.8 Å². The number of esters is 1. The van der Waals surface area contributed by atoms with Crippen molar-refractivity contribution < 1.29 is 23.8 Å². The van der Waals surface area contributed by atoms with Crippen LogP contribution in [0.5, 0.6) is 11.5 Å². The molecular weight excluding hydrogens is 370 g/mol. The van der Waals surface area contributed by atoms with Crippen molar-refractivity contribution in [2.75, 3.05) is 25.1 Å². The molecule has 2 aromatic rings. The van der Waals surface area contributed by atoms with Crippen molar-refractivity contribution in [2.24, 2.45) is 0 Å². The first kappa shape index (κ1) is 22.3. The number of hydrogen-bond donors (Lipinski definition) is 1. The monoisotopic (exact) mass is 399 g/mol. The Hall–Kier alpha value is -3.02. The zero-order valence-corrected chi connectivity index (χ0v) is 17.5. The maximum absolute atomic E-state index is 12.4. The van der Waals surface area contributed by atoms with Crippen molar-refractivity contribution in [3.05, 3.63) is 53.1 Å². The summed E-state index contributed by atoms with van der Waals surface area (Å²) in [5.74, 6) is 0.0678. The van der Waals surface area contributed by atoms with Crippen LogP contribution >= 0.6 is 0 Å². The largest absolute Gasteiger partial charge is 0.490 e. The summed E-state index contributed by atoms with van der Waals surface area (Å²) in [5.41, 5.74) is 3.21. The summed E-state index contributed by atoms with van der Waals surface area (Å²) in [4.78, 5) is 24.7. The van der Waals surface area contributed by atoms with Crippen molar-refractivity contribution in [3.8, 4) is 11.5 Å². The molecule has 1 amide bonds. The van der Waals surface area contributed by atoms with Gasteiger partial charge in [-0.05, 0) is 56.0 Å². The zero-order valence-electron chi connectivity index (χ0n) is 17.5. The number of carbonyl (C=O) groups is 2. The van der Waals surface area contributed by atoms with Gasteiger partial charge in [0.1, 0.15) is 0 Å². The van der Waals surface area contributed by atoms with Crippen LogP contribution in [0.15, 0.2) is 36.4 Å². The van der Waals surface area contributed by atoms with Crippen LogP contribution in [-0.4, -0.2) is 31.7 Å². The van der Waals surface area contributed by atoms with Gasteiger partial charge in [0.2, 0.25) is 0 Å². The van der Waals surface area contributed by atoms with Crippen molar-refractivity contribution in [1.82, 2.24) is 0 Å². The molecule has 2 rings (SSSR count). The summed E-state index contributed by atoms with van der Waals surface area (Å²) >= 11 is 0. The van der Waals surface area contributed by atoms with Gasteiger partial charge in [0, 0.05) is 5.69 Å². The van der Waals surface area contributed by atoms with E-state index in [1.54, 1.807) is 18.2 Å². The molecule has 0 atom stereocenters. The Kier molecular flexibility index (Phi) is 8.52. The lowest BCUT2D eigenvalue weighted by atomic mass is 10.0. The van der Waals surface area contributed by atoms with E-state index < -0.39 is 5.97 Å². The quantitative estimate of drug-likeness (QED) is 0.599. The van der Waals surface area contributed by atoms with Gasteiger partial charge >= 0.3 is 5.97 Å². The molecule has 156 valence electrons. The van der Waals surface area contributed by atoms with E-state index in [9.17, 15) is 9.59 Å². The number of ether oxygens (including phenoxy) is 3. The number of aryl methyl sites for hydroxylation is 2. The molecule has 0 bridgehead atoms. The van der Waals surface area contributed by atoms with Crippen LogP contribution in [-0.2, 0) is 22.4 Å². The highest BCUT2D eigenvalue weighted by molar-refractivity contribution is 5.96. The molecule has 1 N–H and O–H groups in total. The highest BCUT2D eigenvalue weighted by atomic mass is 16.5. The van der Waals surface area contributed by atoms with Gasteiger partial charge < -0.3 is 19.5 Å². The fourth-order valence-electron chi connectivity index (χ4n) is 2.97. The molecule has 0 saturated carbocycles. The predicted molar refractivity (Wildman–Crippen MR) is 113 cm³/mol. The predicted octanol–water partition coefficient (Wildman–Crippen LogP) is 4.40. The van der Waals surface area contributed by atoms with Crippen LogP contribution in [0.4, 0.5) is 5.69 Å². The Balaban J connectivity index is 2.04. The Labute approximate surface area is 172 Å². The van der Waals surface area contributed by atoms with Crippen LogP contribution in [0.1, 0.15) is 49.2 Å². The minimum atomic E-state index is -0.594. The van der Waals surface area contributed by atoms with Gasteiger partial charge in [-0.2, -0.15) is 0 Å². The highest BCUT2D eigenvalue weighted by Crippen LogP contribution is 2.29. The third-order valence-corrected chi connectivity index (χ3v) is 4.38. The van der Waals surface area contributed by atoms with E-state index in [2.05, 4.69) is 5.32 Å². The smallest absolute Gasteiger partial charge is 0.338 e. The number of carbonyl (C=O) groups excluding carboxylic acids is 2. The summed E-state index contributed by atoms with van der Waals surface area (Å²) in [6.07, 6.45) is 1.60. The van der Waals surface area contributed by atoms with Gasteiger partial charge in [-0.25, -0.2) is 4.79 Å². The maximum Gasteiger partial charge on any atom is 0.338 e. The number of nitrogens with one attached hydrogen (secondary N) is 1. The van der Waals surface area contributed by atoms with Crippen LogP contribution in [0.3, 0.4) is 0 Å². The van der Waals surface area contributed by atoms with Crippen LogP contribution in [0, 0.1) is 0 Å². The SMILES string of the molecule is CCOc1ccc(C(=O)OCC(=O)Nc2c(CC)cccc2CC)cc1OCC. The standard InChI is InChI=1S/C23H29NO5/c1-5-16-10-9-11-17(6-2)22(16)24-21(25)15-29-23(26)18-12-13-19(27-7-3)20(14-18)28-8-4/h9-14H,5-8,15H2,1-4H3,(H,24,25). The van der Waals surface area contributed by atoms with Crippen molar-refractivity contribution >= 4 is 17.6 Å². The van der Waals surface area contributed by atoms with Crippen LogP contribution in [0.2, 0.25) is 0 Å². The Bertz CT molecular complexity index is 825. The third-order valence-electron chi connectivity index (χ3n) is 4.38. The number of rotatable bonds is 10. The van der Waals surface area contributed by atoms with E-state index in [-0.39, 0.29) is 12.5 Å². The Morgan fingerprint density at radius 1 is 0.862 bits per heavy atom. The van der Waals surface area contributed by atoms with E-state index in [0.717, 1.165) is 29.7 Å². The van der Waals surface area contributed by atoms with Gasteiger partial charge in [0.15, 0.2) is 18.1 Å². The highest BCUT2D eigenvalue weighted by Gasteiger charge is 2.15. The fourth-order valence-corrected chi connectivity index (χ4v) is 2.97. The van der Waals surface area contributed by atoms with Gasteiger partial charge in [0.25, 0.3) is 5.91 Å². The average molecular weight is 399 g/mol. The van der Waals surface area contributed by atoms with E-state index in [0.29, 0.717) is 30.3 Å². The van der Waals surface area contributed by atoms with Gasteiger partial charge in [-0.3, -0.25) is 4.79 Å². The summed E-state index contributed by atoms with van der Waals surface area (Å²) in [5, 5.41) is 2.88. The van der Waals surface area contributed by atoms with E-state index in [1.165, 1.54) is 0 Å². The second-order valence-corrected chi connectivity index (χ2v) is 6.31. The molecule has 29 heavy (non-hydrogen) atoms. The van der Waals surface area contributed by atoms with Gasteiger partial charge in [0.05, 0.1) is 18.8 Å². The number of para-hydroxylation sites is 1. The third kappa shape index (κ3) is 5.98. The first-order valence-electron chi connectivity index (χ1n) is 10.0. The molecule has 0 aromatic heterocycles. The molecule has 0 aliphatic carbocycles. The lowest BCUT2D eigenvalue weighted by Gasteiger charge is -2.15. The second kappa shape index (κ2) is 11.1. The van der Waals surface area contributed by atoms with Gasteiger partial charge in [-0.15, -0.1) is 0 Å². The minimum Gasteiger partial charge on any atom is -0.490 e. The summed E-state index contributed by atoms with van der Waals surface area (Å²) in [6, 6.07) is 10.8. The molecule has 0 spiro atoms. The van der Waals surface area contributed by atoms with Crippen molar-refractivity contribution in [1.29, 1.82) is 0 Å². The van der Waals surface area contributed by atoms with Gasteiger partial charge in [-0.1, -0.05) is 32.0 Å². The summed E-state index contributed by atoms with van der Waals surface area (Å²) in [7, 11) is 0. The summed E-state index contributed by atoms with van der Waals surface area (Å²) < 4.78 is 16.2. The lowest BCUT2D eigenvalue weighted by Crippen LogP contribution is -2.22. The topological polar surface area (TPSA) is 73.9 Å². The Morgan fingerprint density at radius 3 is 2.07 bits per heavy atom. The molecule has 6 heteroatoms. The molecule has 0 saturated heterocycles. The molecule has 0 fully saturated rings. The molecule has 2 aromatic carbocycles. The zero-order chi connectivity index (χ0) is 21.2. The number of benzene rings is 2. The van der Waals surface area contributed by atoms with Crippen molar-refractivity contribution in [2.45, 2.75) is 40.5 Å². The average Bonchev–Trinajstić information content (AvgIpc) is 2.73. The van der Waals surface area contributed by atoms with E-state index in [1.807, 2.05) is 45.9 Å². The Morgan fingerprint density at radius 2 is 1.48 bits per heavy atom. The molecule has 0 aliphatic rings. The molecular formula is C23H29NO5. The number of amides is 1. The lowest BCUT2D eigenvalue weighted by molar-refractivity contribution is -0.119. The van der Waals surface area contributed by atoms with E-state index in [4.69, 9.17) is 14.2 Å². The molecule has 0 unspecified atom stereocenters. The second-order valence-electron chi connectivity index (χ2n) is 6.31. The minimum absolute atomic E-state index is 0.299. The molecule has 0 aliphatic heterocycles.